The second kappa shape index (κ2) is 7.75. The van der Waals surface area contributed by atoms with Crippen LogP contribution >= 0.6 is 0 Å². The van der Waals surface area contributed by atoms with Crippen molar-refractivity contribution in [2.75, 3.05) is 11.4 Å². The first-order chi connectivity index (χ1) is 14.0. The van der Waals surface area contributed by atoms with Crippen LogP contribution in [0.25, 0.3) is 0 Å². The van der Waals surface area contributed by atoms with Crippen LogP contribution in [0.5, 0.6) is 0 Å². The molecule has 148 valence electrons. The van der Waals surface area contributed by atoms with Crippen molar-refractivity contribution in [3.05, 3.63) is 53.6 Å². The van der Waals surface area contributed by atoms with Crippen LogP contribution in [0.3, 0.4) is 0 Å². The number of amides is 1. The van der Waals surface area contributed by atoms with Gasteiger partial charge in [0.05, 0.1) is 17.0 Å². The van der Waals surface area contributed by atoms with E-state index in [9.17, 15) is 9.59 Å². The number of hydrogen-bond acceptors (Lipinski definition) is 5. The molecule has 2 atom stereocenters. The van der Waals surface area contributed by atoms with Gasteiger partial charge in [0.15, 0.2) is 5.78 Å². The van der Waals surface area contributed by atoms with Gasteiger partial charge in [0.2, 0.25) is 5.91 Å². The molecule has 0 unspecified atom stereocenters. The molecule has 0 N–H and O–H groups in total. The van der Waals surface area contributed by atoms with E-state index in [0.29, 0.717) is 30.0 Å². The summed E-state index contributed by atoms with van der Waals surface area (Å²) in [6, 6.07) is 11.0. The number of Topliss-reactive ketones (excluding diaryl/α,β-unsaturated/α-hetero) is 1. The Kier molecular flexibility index (Phi) is 5.14. The van der Waals surface area contributed by atoms with Crippen molar-refractivity contribution in [1.29, 1.82) is 5.26 Å². The average Bonchev–Trinajstić information content (AvgIpc) is 3.03. The highest BCUT2D eigenvalue weighted by Crippen LogP contribution is 2.48. The van der Waals surface area contributed by atoms with Gasteiger partial charge in [-0.2, -0.15) is 5.26 Å². The molecule has 1 aromatic heterocycles. The molecule has 1 amide bonds. The van der Waals surface area contributed by atoms with Crippen LogP contribution in [0, 0.1) is 29.6 Å². The molecule has 0 radical (unpaired) electrons. The van der Waals surface area contributed by atoms with Crippen molar-refractivity contribution >= 4 is 17.4 Å². The van der Waals surface area contributed by atoms with Gasteiger partial charge in [-0.1, -0.05) is 12.5 Å². The van der Waals surface area contributed by atoms with Gasteiger partial charge in [0, 0.05) is 24.8 Å². The van der Waals surface area contributed by atoms with Crippen molar-refractivity contribution in [3.63, 3.8) is 0 Å². The maximum atomic E-state index is 13.4. The molecule has 1 aliphatic carbocycles. The number of nitrogens with zero attached hydrogens (tertiary/aromatic N) is 4. The Hall–Kier alpha value is -3.07. The third-order valence-electron chi connectivity index (χ3n) is 6.28. The summed E-state index contributed by atoms with van der Waals surface area (Å²) >= 11 is 0. The van der Waals surface area contributed by atoms with Gasteiger partial charge in [0.1, 0.15) is 11.5 Å². The first kappa shape index (κ1) is 19.3. The predicted molar refractivity (Wildman–Crippen MR) is 108 cm³/mol. The summed E-state index contributed by atoms with van der Waals surface area (Å²) in [6.45, 7) is 2.44. The van der Waals surface area contributed by atoms with Crippen molar-refractivity contribution in [2.24, 2.45) is 11.3 Å². The summed E-state index contributed by atoms with van der Waals surface area (Å²) in [5.41, 5.74) is 1.43. The fourth-order valence-corrected chi connectivity index (χ4v) is 4.87. The maximum absolute atomic E-state index is 13.4. The fraction of sp³-hybridized carbons (Fsp3) is 0.435. The second-order valence-electron chi connectivity index (χ2n) is 8.23. The Morgan fingerprint density at radius 1 is 1.34 bits per heavy atom. The number of aryl methyl sites for hydroxylation is 1. The molecule has 2 aliphatic rings. The SMILES string of the molecule is Cc1nccc(C(=O)C[C@H]2CCC[C@]3(CCN(c4cccc(C#N)c4)C3=O)C2)n1. The van der Waals surface area contributed by atoms with E-state index < -0.39 is 0 Å². The number of carbonyl (C=O) groups is 2. The third kappa shape index (κ3) is 3.77. The Morgan fingerprint density at radius 2 is 2.21 bits per heavy atom. The molecule has 1 spiro atoms. The fourth-order valence-electron chi connectivity index (χ4n) is 4.87. The van der Waals surface area contributed by atoms with Crippen LogP contribution in [0.2, 0.25) is 0 Å². The number of aromatic nitrogens is 2. The topological polar surface area (TPSA) is 87.0 Å². The average molecular weight is 388 g/mol. The lowest BCUT2D eigenvalue weighted by Crippen LogP contribution is -2.38. The Bertz CT molecular complexity index is 996. The van der Waals surface area contributed by atoms with E-state index in [1.54, 1.807) is 31.3 Å². The first-order valence-electron chi connectivity index (χ1n) is 10.2. The maximum Gasteiger partial charge on any atom is 0.233 e. The van der Waals surface area contributed by atoms with Gasteiger partial charge < -0.3 is 4.90 Å². The largest absolute Gasteiger partial charge is 0.312 e. The zero-order valence-corrected chi connectivity index (χ0v) is 16.6. The van der Waals surface area contributed by atoms with Crippen molar-refractivity contribution in [3.8, 4) is 6.07 Å². The highest BCUT2D eigenvalue weighted by Gasteiger charge is 2.49. The van der Waals surface area contributed by atoms with Gasteiger partial charge in [-0.3, -0.25) is 9.59 Å². The number of carbonyl (C=O) groups excluding carboxylic acids is 2. The molecular formula is C23H24N4O2. The highest BCUT2D eigenvalue weighted by molar-refractivity contribution is 6.00. The number of ketones is 1. The van der Waals surface area contributed by atoms with Gasteiger partial charge in [-0.25, -0.2) is 9.97 Å². The van der Waals surface area contributed by atoms with Gasteiger partial charge >= 0.3 is 0 Å². The van der Waals surface area contributed by atoms with Gasteiger partial charge in [-0.05, 0) is 62.8 Å². The van der Waals surface area contributed by atoms with Crippen molar-refractivity contribution < 1.29 is 9.59 Å². The number of hydrogen-bond donors (Lipinski definition) is 0. The molecule has 1 aliphatic heterocycles. The predicted octanol–water partition coefficient (Wildman–Crippen LogP) is 3.84. The van der Waals surface area contributed by atoms with Crippen LogP contribution in [0.4, 0.5) is 5.69 Å². The minimum absolute atomic E-state index is 0.0292. The zero-order valence-electron chi connectivity index (χ0n) is 16.6. The van der Waals surface area contributed by atoms with Gasteiger partial charge in [-0.15, -0.1) is 0 Å². The molecule has 29 heavy (non-hydrogen) atoms. The van der Waals surface area contributed by atoms with Crippen LogP contribution in [-0.4, -0.2) is 28.2 Å². The monoisotopic (exact) mass is 388 g/mol. The summed E-state index contributed by atoms with van der Waals surface area (Å²) in [5.74, 6) is 0.960. The van der Waals surface area contributed by atoms with Crippen molar-refractivity contribution in [1.82, 2.24) is 9.97 Å². The molecule has 4 rings (SSSR count). The molecule has 0 bridgehead atoms. The number of nitriles is 1. The van der Waals surface area contributed by atoms with E-state index in [0.717, 1.165) is 37.8 Å². The Labute approximate surface area is 170 Å². The molecular weight excluding hydrogens is 364 g/mol. The molecule has 1 saturated heterocycles. The third-order valence-corrected chi connectivity index (χ3v) is 6.28. The minimum atomic E-state index is -0.382. The van der Waals surface area contributed by atoms with E-state index in [4.69, 9.17) is 5.26 Å². The quantitative estimate of drug-likeness (QED) is 0.743. The van der Waals surface area contributed by atoms with E-state index in [1.165, 1.54) is 0 Å². The summed E-state index contributed by atoms with van der Waals surface area (Å²) < 4.78 is 0. The minimum Gasteiger partial charge on any atom is -0.312 e. The van der Waals surface area contributed by atoms with Gasteiger partial charge in [0.25, 0.3) is 0 Å². The lowest BCUT2D eigenvalue weighted by Gasteiger charge is -2.36. The summed E-state index contributed by atoms with van der Waals surface area (Å²) in [7, 11) is 0. The summed E-state index contributed by atoms with van der Waals surface area (Å²) in [5, 5.41) is 9.15. The van der Waals surface area contributed by atoms with E-state index >= 15 is 0 Å². The second-order valence-corrected chi connectivity index (χ2v) is 8.23. The van der Waals surface area contributed by atoms with Crippen LogP contribution in [0.15, 0.2) is 36.5 Å². The van der Waals surface area contributed by atoms with Crippen LogP contribution in [0.1, 0.15) is 60.4 Å². The lowest BCUT2D eigenvalue weighted by molar-refractivity contribution is -0.128. The van der Waals surface area contributed by atoms with E-state index in [1.807, 2.05) is 17.0 Å². The zero-order chi connectivity index (χ0) is 20.4. The lowest BCUT2D eigenvalue weighted by atomic mass is 9.67. The highest BCUT2D eigenvalue weighted by atomic mass is 16.2. The smallest absolute Gasteiger partial charge is 0.233 e. The Balaban J connectivity index is 1.48. The number of anilines is 1. The van der Waals surface area contributed by atoms with E-state index in [-0.39, 0.29) is 23.0 Å². The molecule has 2 heterocycles. The normalized spacial score (nSPS) is 23.9. The molecule has 2 fully saturated rings. The number of rotatable bonds is 4. The molecule has 1 saturated carbocycles. The molecule has 6 heteroatoms. The van der Waals surface area contributed by atoms with E-state index in [2.05, 4.69) is 16.0 Å². The number of benzene rings is 1. The molecule has 2 aromatic rings. The Morgan fingerprint density at radius 3 is 3.00 bits per heavy atom. The van der Waals surface area contributed by atoms with Crippen LogP contribution < -0.4 is 4.90 Å². The van der Waals surface area contributed by atoms with Crippen molar-refractivity contribution in [2.45, 2.75) is 45.4 Å². The standard InChI is InChI=1S/C23H24N4O2/c1-16-25-10-7-20(26-16)21(28)13-17-5-3-8-23(14-17)9-11-27(22(23)29)19-6-2-4-18(12-19)15-24/h2,4,6-7,10,12,17H,3,5,8-9,11,13-14H2,1H3/t17-,23+/m1/s1. The van der Waals surface area contributed by atoms with Crippen LogP contribution in [-0.2, 0) is 4.79 Å². The summed E-state index contributed by atoms with van der Waals surface area (Å²) in [6.07, 6.45) is 6.39. The first-order valence-corrected chi connectivity index (χ1v) is 10.2. The molecule has 1 aromatic carbocycles. The molecule has 6 nitrogen and oxygen atoms in total. The summed E-state index contributed by atoms with van der Waals surface area (Å²) in [4.78, 5) is 36.2.